The van der Waals surface area contributed by atoms with Gasteiger partial charge in [-0.1, -0.05) is 43.0 Å². The van der Waals surface area contributed by atoms with E-state index in [2.05, 4.69) is 23.6 Å². The van der Waals surface area contributed by atoms with E-state index in [-0.39, 0.29) is 0 Å². The minimum atomic E-state index is 0.453. The summed E-state index contributed by atoms with van der Waals surface area (Å²) >= 11 is 0. The molecule has 0 spiro atoms. The molecular formula is C16H22N2O. The van der Waals surface area contributed by atoms with Crippen LogP contribution in [-0.4, -0.2) is 10.1 Å². The molecular weight excluding hydrogens is 236 g/mol. The van der Waals surface area contributed by atoms with Gasteiger partial charge in [-0.2, -0.15) is 4.98 Å². The van der Waals surface area contributed by atoms with E-state index in [4.69, 9.17) is 4.52 Å². The molecule has 0 amide bonds. The Morgan fingerprint density at radius 1 is 1.26 bits per heavy atom. The molecule has 3 heteroatoms. The highest BCUT2D eigenvalue weighted by atomic mass is 16.5. The number of allylic oxidation sites excluding steroid dienone is 5. The van der Waals surface area contributed by atoms with Crippen LogP contribution in [0.1, 0.15) is 57.2 Å². The van der Waals surface area contributed by atoms with Gasteiger partial charge in [0.1, 0.15) is 0 Å². The van der Waals surface area contributed by atoms with Crippen molar-refractivity contribution in [3.63, 3.8) is 0 Å². The summed E-state index contributed by atoms with van der Waals surface area (Å²) in [4.78, 5) is 4.53. The highest BCUT2D eigenvalue weighted by Gasteiger charge is 2.24. The average molecular weight is 258 g/mol. The Kier molecular flexibility index (Phi) is 4.72. The van der Waals surface area contributed by atoms with Gasteiger partial charge >= 0.3 is 0 Å². The van der Waals surface area contributed by atoms with Gasteiger partial charge in [0, 0.05) is 5.92 Å². The summed E-state index contributed by atoms with van der Waals surface area (Å²) in [5.41, 5.74) is 1.01. The van der Waals surface area contributed by atoms with Crippen molar-refractivity contribution in [3.8, 4) is 0 Å². The van der Waals surface area contributed by atoms with Gasteiger partial charge in [0.05, 0.1) is 0 Å². The van der Waals surface area contributed by atoms with E-state index in [9.17, 15) is 0 Å². The second-order valence-electron chi connectivity index (χ2n) is 5.38. The van der Waals surface area contributed by atoms with Crippen molar-refractivity contribution in [2.45, 2.75) is 45.4 Å². The van der Waals surface area contributed by atoms with Gasteiger partial charge in [-0.25, -0.2) is 0 Å². The fourth-order valence-corrected chi connectivity index (χ4v) is 2.42. The lowest BCUT2D eigenvalue weighted by Crippen LogP contribution is -2.11. The van der Waals surface area contributed by atoms with E-state index in [1.54, 1.807) is 6.08 Å². The Balaban J connectivity index is 2.04. The van der Waals surface area contributed by atoms with Gasteiger partial charge in [-0.3, -0.25) is 0 Å². The number of aromatic nitrogens is 2. The normalized spacial score (nSPS) is 24.8. The first-order chi connectivity index (χ1) is 9.20. The molecule has 0 saturated heterocycles. The topological polar surface area (TPSA) is 38.9 Å². The summed E-state index contributed by atoms with van der Waals surface area (Å²) in [6.45, 7) is 7.94. The molecule has 1 fully saturated rings. The highest BCUT2D eigenvalue weighted by molar-refractivity contribution is 5.58. The largest absolute Gasteiger partial charge is 0.339 e. The maximum absolute atomic E-state index is 5.42. The fourth-order valence-electron chi connectivity index (χ4n) is 2.42. The van der Waals surface area contributed by atoms with E-state index >= 15 is 0 Å². The number of hydrogen-bond acceptors (Lipinski definition) is 3. The molecule has 1 saturated carbocycles. The summed E-state index contributed by atoms with van der Waals surface area (Å²) < 4.78 is 5.42. The standard InChI is InChI=1S/C16H22N2O/c1-4-5-6-7-13(3)15-17-16(19-18-15)14-10-8-12(2)9-11-14/h4-7,12,14H,1,8-11H2,2-3H3/b6-5-,13-7+. The third-order valence-electron chi connectivity index (χ3n) is 3.75. The second kappa shape index (κ2) is 6.50. The first-order valence-electron chi connectivity index (χ1n) is 7.00. The lowest BCUT2D eigenvalue weighted by atomic mass is 9.83. The van der Waals surface area contributed by atoms with E-state index in [1.807, 2.05) is 25.2 Å². The fraction of sp³-hybridized carbons (Fsp3) is 0.500. The van der Waals surface area contributed by atoms with E-state index < -0.39 is 0 Å². The third kappa shape index (κ3) is 3.66. The molecule has 1 aliphatic rings. The molecule has 102 valence electrons. The Hall–Kier alpha value is -1.64. The lowest BCUT2D eigenvalue weighted by Gasteiger charge is -2.23. The molecule has 3 nitrogen and oxygen atoms in total. The van der Waals surface area contributed by atoms with Crippen molar-refractivity contribution in [1.82, 2.24) is 10.1 Å². The number of hydrogen-bond donors (Lipinski definition) is 0. The van der Waals surface area contributed by atoms with E-state index in [0.29, 0.717) is 11.7 Å². The van der Waals surface area contributed by atoms with Gasteiger partial charge in [0.25, 0.3) is 0 Å². The Labute approximate surface area is 115 Å². The van der Waals surface area contributed by atoms with Crippen LogP contribution in [0.4, 0.5) is 0 Å². The molecule has 1 aromatic rings. The van der Waals surface area contributed by atoms with Gasteiger partial charge < -0.3 is 4.52 Å². The van der Waals surface area contributed by atoms with Crippen LogP contribution in [0.3, 0.4) is 0 Å². The average Bonchev–Trinajstić information content (AvgIpc) is 2.89. The first kappa shape index (κ1) is 13.8. The predicted molar refractivity (Wildman–Crippen MR) is 77.7 cm³/mol. The van der Waals surface area contributed by atoms with Crippen molar-refractivity contribution in [2.24, 2.45) is 5.92 Å². The summed E-state index contributed by atoms with van der Waals surface area (Å²) in [6.07, 6.45) is 12.4. The molecule has 0 N–H and O–H groups in total. The van der Waals surface area contributed by atoms with Crippen molar-refractivity contribution < 1.29 is 4.52 Å². The quantitative estimate of drug-likeness (QED) is 0.746. The Morgan fingerprint density at radius 2 is 2.00 bits per heavy atom. The SMILES string of the molecule is C=C/C=C\C=C(/C)c1noc(C2CCC(C)CC2)n1. The Morgan fingerprint density at radius 3 is 2.68 bits per heavy atom. The van der Waals surface area contributed by atoms with Crippen molar-refractivity contribution in [3.05, 3.63) is 42.6 Å². The van der Waals surface area contributed by atoms with Crippen LogP contribution in [0.2, 0.25) is 0 Å². The summed E-state index contributed by atoms with van der Waals surface area (Å²) in [6, 6.07) is 0. The number of rotatable bonds is 4. The molecule has 0 bridgehead atoms. The maximum Gasteiger partial charge on any atom is 0.230 e. The van der Waals surface area contributed by atoms with Crippen LogP contribution in [0.5, 0.6) is 0 Å². The Bertz CT molecular complexity index is 477. The van der Waals surface area contributed by atoms with Crippen molar-refractivity contribution >= 4 is 5.57 Å². The summed E-state index contributed by atoms with van der Waals surface area (Å²) in [7, 11) is 0. The summed E-state index contributed by atoms with van der Waals surface area (Å²) in [5, 5.41) is 4.07. The monoisotopic (exact) mass is 258 g/mol. The zero-order valence-corrected chi connectivity index (χ0v) is 11.8. The molecule has 2 rings (SSSR count). The van der Waals surface area contributed by atoms with Gasteiger partial charge in [0.2, 0.25) is 5.89 Å². The van der Waals surface area contributed by atoms with Gasteiger partial charge in [0.15, 0.2) is 5.82 Å². The molecule has 1 aliphatic carbocycles. The van der Waals surface area contributed by atoms with Crippen LogP contribution in [-0.2, 0) is 0 Å². The molecule has 0 aromatic carbocycles. The molecule has 0 radical (unpaired) electrons. The van der Waals surface area contributed by atoms with Crippen LogP contribution >= 0.6 is 0 Å². The number of nitrogens with zero attached hydrogens (tertiary/aromatic N) is 2. The van der Waals surface area contributed by atoms with Crippen LogP contribution in [0, 0.1) is 5.92 Å². The van der Waals surface area contributed by atoms with Crippen LogP contribution < -0.4 is 0 Å². The maximum atomic E-state index is 5.42. The first-order valence-corrected chi connectivity index (χ1v) is 7.00. The van der Waals surface area contributed by atoms with Crippen LogP contribution in [0.25, 0.3) is 5.57 Å². The molecule has 0 unspecified atom stereocenters. The second-order valence-corrected chi connectivity index (χ2v) is 5.38. The predicted octanol–water partition coefficient (Wildman–Crippen LogP) is 4.51. The summed E-state index contributed by atoms with van der Waals surface area (Å²) in [5.74, 6) is 2.79. The third-order valence-corrected chi connectivity index (χ3v) is 3.75. The highest BCUT2D eigenvalue weighted by Crippen LogP contribution is 2.34. The van der Waals surface area contributed by atoms with Crippen molar-refractivity contribution in [1.29, 1.82) is 0 Å². The van der Waals surface area contributed by atoms with Gasteiger partial charge in [-0.15, -0.1) is 0 Å². The lowest BCUT2D eigenvalue weighted by molar-refractivity contribution is 0.281. The van der Waals surface area contributed by atoms with Gasteiger partial charge in [-0.05, 0) is 44.1 Å². The zero-order valence-electron chi connectivity index (χ0n) is 11.8. The minimum absolute atomic E-state index is 0.453. The van der Waals surface area contributed by atoms with E-state index in [1.165, 1.54) is 25.7 Å². The van der Waals surface area contributed by atoms with Crippen molar-refractivity contribution in [2.75, 3.05) is 0 Å². The smallest absolute Gasteiger partial charge is 0.230 e. The molecule has 0 atom stereocenters. The molecule has 1 aromatic heterocycles. The molecule has 1 heterocycles. The zero-order chi connectivity index (χ0) is 13.7. The van der Waals surface area contributed by atoms with Crippen LogP contribution in [0.15, 0.2) is 35.4 Å². The van der Waals surface area contributed by atoms with E-state index in [0.717, 1.165) is 17.4 Å². The molecule has 0 aliphatic heterocycles. The minimum Gasteiger partial charge on any atom is -0.339 e. The molecule has 19 heavy (non-hydrogen) atoms.